The molecule has 3 aromatic carbocycles. The van der Waals surface area contributed by atoms with Crippen molar-refractivity contribution in [2.75, 3.05) is 13.2 Å². The Kier molecular flexibility index (Phi) is 6.63. The molecule has 0 amide bonds. The van der Waals surface area contributed by atoms with Crippen molar-refractivity contribution < 1.29 is 19.7 Å². The number of benzene rings is 3. The van der Waals surface area contributed by atoms with Gasteiger partial charge in [0.1, 0.15) is 12.2 Å². The molecule has 3 unspecified atom stereocenters. The quantitative estimate of drug-likeness (QED) is 0.241. The number of hydrogen-bond acceptors (Lipinski definition) is 6. The van der Waals surface area contributed by atoms with E-state index in [9.17, 15) is 10.2 Å². The van der Waals surface area contributed by atoms with Crippen LogP contribution in [0.3, 0.4) is 0 Å². The Morgan fingerprint density at radius 1 is 1.00 bits per heavy atom. The molecular weight excluding hydrogens is 504 g/mol. The fourth-order valence-corrected chi connectivity index (χ4v) is 5.04. The van der Waals surface area contributed by atoms with Crippen LogP contribution in [-0.4, -0.2) is 61.9 Å². The third-order valence-corrected chi connectivity index (χ3v) is 7.17. The summed E-state index contributed by atoms with van der Waals surface area (Å²) in [5.41, 5.74) is 8.58. The van der Waals surface area contributed by atoms with Gasteiger partial charge in [0.2, 0.25) is 0 Å². The Hall–Kier alpha value is -3.69. The summed E-state index contributed by atoms with van der Waals surface area (Å²) >= 11 is 6.65. The van der Waals surface area contributed by atoms with Crippen LogP contribution in [-0.2, 0) is 4.74 Å². The SMILES string of the molecule is Cc1cc(-c2ccc(-c3ccc(-c4cc5nc(OC6COC(CO)C(O)C6)[nH]c5cc4Cl)cc3)cc2)n[nH]1. The first kappa shape index (κ1) is 24.6. The molecule has 2 aromatic heterocycles. The Labute approximate surface area is 224 Å². The van der Waals surface area contributed by atoms with Crippen molar-refractivity contribution in [2.24, 2.45) is 0 Å². The lowest BCUT2D eigenvalue weighted by molar-refractivity contribution is -0.131. The van der Waals surface area contributed by atoms with Crippen LogP contribution < -0.4 is 4.74 Å². The number of aromatic nitrogens is 4. The highest BCUT2D eigenvalue weighted by Gasteiger charge is 2.31. The highest BCUT2D eigenvalue weighted by atomic mass is 35.5. The van der Waals surface area contributed by atoms with Crippen LogP contribution in [0.2, 0.25) is 5.02 Å². The van der Waals surface area contributed by atoms with Crippen molar-refractivity contribution in [3.05, 3.63) is 77.4 Å². The predicted molar refractivity (Wildman–Crippen MR) is 146 cm³/mol. The van der Waals surface area contributed by atoms with E-state index in [0.29, 0.717) is 17.5 Å². The van der Waals surface area contributed by atoms with Crippen LogP contribution in [0.4, 0.5) is 0 Å². The number of hydrogen-bond donors (Lipinski definition) is 4. The number of H-pyrrole nitrogens is 2. The van der Waals surface area contributed by atoms with Crippen LogP contribution in [0.15, 0.2) is 66.7 Å². The van der Waals surface area contributed by atoms with Crippen molar-refractivity contribution in [3.63, 3.8) is 0 Å². The van der Waals surface area contributed by atoms with Crippen LogP contribution in [0.1, 0.15) is 12.1 Å². The van der Waals surface area contributed by atoms with Gasteiger partial charge in [-0.2, -0.15) is 10.1 Å². The van der Waals surface area contributed by atoms with Gasteiger partial charge in [0.05, 0.1) is 41.1 Å². The summed E-state index contributed by atoms with van der Waals surface area (Å²) in [5.74, 6) is 0. The van der Waals surface area contributed by atoms with E-state index in [2.05, 4.69) is 68.7 Å². The Bertz CT molecular complexity index is 1560. The molecule has 1 fully saturated rings. The number of aliphatic hydroxyl groups excluding tert-OH is 2. The number of aromatic amines is 2. The summed E-state index contributed by atoms with van der Waals surface area (Å²) in [7, 11) is 0. The van der Waals surface area contributed by atoms with Gasteiger partial charge in [0, 0.05) is 23.2 Å². The van der Waals surface area contributed by atoms with Crippen molar-refractivity contribution in [3.8, 4) is 39.5 Å². The average molecular weight is 531 g/mol. The molecule has 1 aliphatic heterocycles. The second kappa shape index (κ2) is 10.2. The van der Waals surface area contributed by atoms with E-state index in [4.69, 9.17) is 21.1 Å². The number of fused-ring (bicyclic) bond motifs is 1. The molecule has 0 spiro atoms. The van der Waals surface area contributed by atoms with E-state index < -0.39 is 12.2 Å². The Balaban J connectivity index is 1.19. The van der Waals surface area contributed by atoms with Gasteiger partial charge >= 0.3 is 0 Å². The lowest BCUT2D eigenvalue weighted by Crippen LogP contribution is -2.45. The van der Waals surface area contributed by atoms with E-state index >= 15 is 0 Å². The third-order valence-electron chi connectivity index (χ3n) is 6.85. The first-order valence-corrected chi connectivity index (χ1v) is 12.8. The van der Waals surface area contributed by atoms with E-state index in [-0.39, 0.29) is 19.3 Å². The smallest absolute Gasteiger partial charge is 0.294 e. The topological polar surface area (TPSA) is 116 Å². The molecule has 6 rings (SSSR count). The van der Waals surface area contributed by atoms with Crippen molar-refractivity contribution in [1.82, 2.24) is 20.2 Å². The summed E-state index contributed by atoms with van der Waals surface area (Å²) in [6.07, 6.45) is -1.38. The number of rotatable bonds is 6. The lowest BCUT2D eigenvalue weighted by Gasteiger charge is -2.31. The maximum atomic E-state index is 10.1. The maximum Gasteiger partial charge on any atom is 0.294 e. The number of nitrogens with one attached hydrogen (secondary N) is 2. The zero-order valence-electron chi connectivity index (χ0n) is 20.7. The summed E-state index contributed by atoms with van der Waals surface area (Å²) in [4.78, 5) is 7.71. The molecule has 4 N–H and O–H groups in total. The van der Waals surface area contributed by atoms with Gasteiger partial charge in [-0.25, -0.2) is 0 Å². The van der Waals surface area contributed by atoms with Gasteiger partial charge in [-0.05, 0) is 41.8 Å². The molecule has 0 saturated carbocycles. The molecule has 8 nitrogen and oxygen atoms in total. The number of nitrogens with zero attached hydrogens (tertiary/aromatic N) is 2. The summed E-state index contributed by atoms with van der Waals surface area (Å²) < 4.78 is 11.4. The summed E-state index contributed by atoms with van der Waals surface area (Å²) in [6.45, 7) is 2.03. The van der Waals surface area contributed by atoms with Crippen LogP contribution in [0.25, 0.3) is 44.5 Å². The van der Waals surface area contributed by atoms with Gasteiger partial charge in [0.15, 0.2) is 0 Å². The van der Waals surface area contributed by atoms with Crippen molar-refractivity contribution in [2.45, 2.75) is 31.7 Å². The molecule has 194 valence electrons. The Morgan fingerprint density at radius 3 is 2.32 bits per heavy atom. The van der Waals surface area contributed by atoms with E-state index in [1.54, 1.807) is 0 Å². The zero-order valence-corrected chi connectivity index (χ0v) is 21.4. The minimum Gasteiger partial charge on any atom is -0.459 e. The van der Waals surface area contributed by atoms with Crippen LogP contribution in [0.5, 0.6) is 6.01 Å². The largest absolute Gasteiger partial charge is 0.459 e. The first-order chi connectivity index (χ1) is 18.5. The van der Waals surface area contributed by atoms with Crippen LogP contribution >= 0.6 is 11.6 Å². The molecular formula is C29H27ClN4O4. The normalized spacial score (nSPS) is 19.6. The van der Waals surface area contributed by atoms with Crippen molar-refractivity contribution >= 4 is 22.6 Å². The second-order valence-electron chi connectivity index (χ2n) is 9.58. The molecule has 1 aliphatic rings. The molecule has 5 aromatic rings. The minimum absolute atomic E-state index is 0.224. The number of ether oxygens (including phenoxy) is 2. The molecule has 3 heterocycles. The molecule has 0 radical (unpaired) electrons. The highest BCUT2D eigenvalue weighted by Crippen LogP contribution is 2.34. The maximum absolute atomic E-state index is 10.1. The third kappa shape index (κ3) is 4.91. The van der Waals surface area contributed by atoms with E-state index in [0.717, 1.165) is 50.2 Å². The van der Waals surface area contributed by atoms with Gasteiger partial charge < -0.3 is 24.7 Å². The molecule has 9 heteroatoms. The van der Waals surface area contributed by atoms with Gasteiger partial charge in [0.25, 0.3) is 6.01 Å². The van der Waals surface area contributed by atoms with Gasteiger partial charge in [-0.1, -0.05) is 60.1 Å². The summed E-state index contributed by atoms with van der Waals surface area (Å²) in [6, 6.07) is 22.7. The molecule has 3 atom stereocenters. The summed E-state index contributed by atoms with van der Waals surface area (Å²) in [5, 5.41) is 27.2. The van der Waals surface area contributed by atoms with E-state index in [1.165, 1.54) is 0 Å². The van der Waals surface area contributed by atoms with Gasteiger partial charge in [-0.15, -0.1) is 0 Å². The van der Waals surface area contributed by atoms with Crippen LogP contribution in [0, 0.1) is 6.92 Å². The predicted octanol–water partition coefficient (Wildman–Crippen LogP) is 5.14. The fourth-order valence-electron chi connectivity index (χ4n) is 4.77. The zero-order chi connectivity index (χ0) is 26.2. The monoisotopic (exact) mass is 530 g/mol. The number of halogens is 1. The minimum atomic E-state index is -0.787. The standard InChI is InChI=1S/C29H27ClN4O4/c1-16-10-24(34-33-16)20-8-4-18(5-9-20)17-2-6-19(7-3-17)22-12-25-26(13-23(22)30)32-29(31-25)38-21-11-27(36)28(14-35)37-15-21/h2-10,12-13,21,27-28,35-36H,11,14-15H2,1H3,(H,31,32)(H,33,34). The first-order valence-electron chi connectivity index (χ1n) is 12.5. The second-order valence-corrected chi connectivity index (χ2v) is 9.99. The molecule has 0 bridgehead atoms. The average Bonchev–Trinajstić information content (AvgIpc) is 3.53. The number of aryl methyl sites for hydroxylation is 1. The fraction of sp³-hybridized carbons (Fsp3) is 0.241. The molecule has 0 aliphatic carbocycles. The van der Waals surface area contributed by atoms with E-state index in [1.807, 2.05) is 25.1 Å². The number of aliphatic hydroxyl groups is 2. The van der Waals surface area contributed by atoms with Crippen molar-refractivity contribution in [1.29, 1.82) is 0 Å². The Morgan fingerprint density at radius 2 is 1.68 bits per heavy atom. The lowest BCUT2D eigenvalue weighted by atomic mass is 9.99. The molecule has 38 heavy (non-hydrogen) atoms. The number of imidazole rings is 1. The van der Waals surface area contributed by atoms with Gasteiger partial charge in [-0.3, -0.25) is 5.10 Å². The molecule has 1 saturated heterocycles. The highest BCUT2D eigenvalue weighted by molar-refractivity contribution is 6.34.